The van der Waals surface area contributed by atoms with Crippen molar-refractivity contribution in [3.63, 3.8) is 0 Å². The molecule has 1 aromatic rings. The number of benzene rings is 1. The molecule has 0 aliphatic heterocycles. The van der Waals surface area contributed by atoms with E-state index in [1.54, 1.807) is 26.0 Å². The molecule has 1 saturated carbocycles. The second-order valence-corrected chi connectivity index (χ2v) is 5.90. The number of nitrogens with one attached hydrogen (secondary N) is 1. The summed E-state index contributed by atoms with van der Waals surface area (Å²) in [5.41, 5.74) is 0.471. The lowest BCUT2D eigenvalue weighted by Crippen LogP contribution is -2.26. The molecule has 102 valence electrons. The standard InChI is InChI=1S/C14H16ClNO3/c1-14(2)10(11(14)13(18)19)12(17)16-7-8-3-5-9(15)6-4-8/h3-6,10-11H,7H2,1-2H3,(H,16,17)(H,18,19). The van der Waals surface area contributed by atoms with Gasteiger partial charge in [-0.25, -0.2) is 0 Å². The van der Waals surface area contributed by atoms with Crippen LogP contribution in [0, 0.1) is 17.3 Å². The Kier molecular flexibility index (Phi) is 3.54. The Morgan fingerprint density at radius 3 is 2.32 bits per heavy atom. The van der Waals surface area contributed by atoms with Crippen LogP contribution in [0.3, 0.4) is 0 Å². The van der Waals surface area contributed by atoms with E-state index < -0.39 is 23.2 Å². The molecule has 2 rings (SSSR count). The Labute approximate surface area is 116 Å². The number of carboxylic acid groups (broad SMARTS) is 1. The fourth-order valence-electron chi connectivity index (χ4n) is 2.49. The number of rotatable bonds is 4. The van der Waals surface area contributed by atoms with Gasteiger partial charge >= 0.3 is 5.97 Å². The van der Waals surface area contributed by atoms with Crippen molar-refractivity contribution in [2.75, 3.05) is 0 Å². The van der Waals surface area contributed by atoms with E-state index in [1.807, 2.05) is 12.1 Å². The van der Waals surface area contributed by atoms with Gasteiger partial charge in [-0.3, -0.25) is 9.59 Å². The van der Waals surface area contributed by atoms with Crippen molar-refractivity contribution < 1.29 is 14.7 Å². The summed E-state index contributed by atoms with van der Waals surface area (Å²) >= 11 is 5.77. The molecule has 0 spiro atoms. The van der Waals surface area contributed by atoms with Crippen molar-refractivity contribution in [2.24, 2.45) is 17.3 Å². The number of halogens is 1. The zero-order valence-electron chi connectivity index (χ0n) is 10.8. The highest BCUT2D eigenvalue weighted by Gasteiger charge is 2.65. The number of amides is 1. The molecule has 1 aliphatic rings. The molecule has 2 N–H and O–H groups in total. The van der Waals surface area contributed by atoms with Crippen molar-refractivity contribution in [3.05, 3.63) is 34.9 Å². The summed E-state index contributed by atoms with van der Waals surface area (Å²) in [5, 5.41) is 12.4. The van der Waals surface area contributed by atoms with Crippen LogP contribution in [0.5, 0.6) is 0 Å². The van der Waals surface area contributed by atoms with Crippen LogP contribution in [0.2, 0.25) is 5.02 Å². The lowest BCUT2D eigenvalue weighted by atomic mass is 10.1. The number of hydrogen-bond acceptors (Lipinski definition) is 2. The van der Waals surface area contributed by atoms with E-state index in [1.165, 1.54) is 0 Å². The Hall–Kier alpha value is -1.55. The van der Waals surface area contributed by atoms with Gasteiger partial charge in [-0.1, -0.05) is 37.6 Å². The fourth-order valence-corrected chi connectivity index (χ4v) is 2.62. The first-order chi connectivity index (χ1) is 8.84. The Morgan fingerprint density at radius 2 is 1.84 bits per heavy atom. The minimum absolute atomic E-state index is 0.202. The molecule has 0 radical (unpaired) electrons. The molecule has 4 nitrogen and oxygen atoms in total. The Balaban J connectivity index is 1.93. The zero-order chi connectivity index (χ0) is 14.2. The molecular weight excluding hydrogens is 266 g/mol. The summed E-state index contributed by atoms with van der Waals surface area (Å²) in [4.78, 5) is 23.0. The predicted octanol–water partition coefficient (Wildman–Crippen LogP) is 2.31. The van der Waals surface area contributed by atoms with Crippen LogP contribution < -0.4 is 5.32 Å². The maximum Gasteiger partial charge on any atom is 0.307 e. The van der Waals surface area contributed by atoms with E-state index in [0.29, 0.717) is 11.6 Å². The molecule has 0 aromatic heterocycles. The fraction of sp³-hybridized carbons (Fsp3) is 0.429. The van der Waals surface area contributed by atoms with Crippen LogP contribution in [0.1, 0.15) is 19.4 Å². The molecule has 2 atom stereocenters. The second-order valence-electron chi connectivity index (χ2n) is 5.46. The summed E-state index contributed by atoms with van der Waals surface area (Å²) in [7, 11) is 0. The van der Waals surface area contributed by atoms with Crippen LogP contribution >= 0.6 is 11.6 Å². The molecule has 0 bridgehead atoms. The van der Waals surface area contributed by atoms with Gasteiger partial charge in [0.25, 0.3) is 0 Å². The number of carboxylic acids is 1. The van der Waals surface area contributed by atoms with Crippen LogP contribution in [-0.2, 0) is 16.1 Å². The maximum absolute atomic E-state index is 12.0. The van der Waals surface area contributed by atoms with Gasteiger partial charge in [0.2, 0.25) is 5.91 Å². The van der Waals surface area contributed by atoms with Crippen LogP contribution in [0.15, 0.2) is 24.3 Å². The molecule has 5 heteroatoms. The number of carbonyl (C=O) groups is 2. The van der Waals surface area contributed by atoms with Gasteiger partial charge in [0.1, 0.15) is 0 Å². The number of hydrogen-bond donors (Lipinski definition) is 2. The summed E-state index contributed by atoms with van der Waals surface area (Å²) < 4.78 is 0. The highest BCUT2D eigenvalue weighted by atomic mass is 35.5. The molecule has 0 heterocycles. The van der Waals surface area contributed by atoms with E-state index in [0.717, 1.165) is 5.56 Å². The predicted molar refractivity (Wildman–Crippen MR) is 71.7 cm³/mol. The van der Waals surface area contributed by atoms with Gasteiger partial charge in [-0.15, -0.1) is 0 Å². The largest absolute Gasteiger partial charge is 0.481 e. The first kappa shape index (κ1) is 13.9. The van der Waals surface area contributed by atoms with Crippen molar-refractivity contribution >= 4 is 23.5 Å². The Morgan fingerprint density at radius 1 is 1.26 bits per heavy atom. The highest BCUT2D eigenvalue weighted by Crippen LogP contribution is 2.58. The minimum Gasteiger partial charge on any atom is -0.481 e. The van der Waals surface area contributed by atoms with Gasteiger partial charge in [0.05, 0.1) is 11.8 Å². The second kappa shape index (κ2) is 4.85. The first-order valence-corrected chi connectivity index (χ1v) is 6.47. The van der Waals surface area contributed by atoms with Gasteiger partial charge in [-0.2, -0.15) is 0 Å². The van der Waals surface area contributed by atoms with Gasteiger partial charge in [0, 0.05) is 11.6 Å². The molecular formula is C14H16ClNO3. The van der Waals surface area contributed by atoms with E-state index in [4.69, 9.17) is 16.7 Å². The summed E-state index contributed by atoms with van der Waals surface area (Å²) in [5.74, 6) is -2.14. The van der Waals surface area contributed by atoms with E-state index >= 15 is 0 Å². The van der Waals surface area contributed by atoms with Crippen LogP contribution in [0.4, 0.5) is 0 Å². The molecule has 0 saturated heterocycles. The third kappa shape index (κ3) is 2.73. The third-order valence-corrected chi connectivity index (χ3v) is 4.01. The zero-order valence-corrected chi connectivity index (χ0v) is 11.6. The smallest absolute Gasteiger partial charge is 0.307 e. The molecule has 1 aliphatic carbocycles. The van der Waals surface area contributed by atoms with E-state index in [2.05, 4.69) is 5.32 Å². The van der Waals surface area contributed by atoms with E-state index in [-0.39, 0.29) is 5.91 Å². The topological polar surface area (TPSA) is 66.4 Å². The normalized spacial score (nSPS) is 23.7. The quantitative estimate of drug-likeness (QED) is 0.890. The monoisotopic (exact) mass is 281 g/mol. The van der Waals surface area contributed by atoms with Gasteiger partial charge in [0.15, 0.2) is 0 Å². The summed E-state index contributed by atoms with van der Waals surface area (Å²) in [6.45, 7) is 3.99. The molecule has 1 fully saturated rings. The number of aliphatic carboxylic acids is 1. The Bertz CT molecular complexity index is 510. The molecule has 1 aromatic carbocycles. The third-order valence-electron chi connectivity index (χ3n) is 3.76. The van der Waals surface area contributed by atoms with Crippen molar-refractivity contribution in [2.45, 2.75) is 20.4 Å². The molecule has 1 amide bonds. The average molecular weight is 282 g/mol. The van der Waals surface area contributed by atoms with Crippen molar-refractivity contribution in [3.8, 4) is 0 Å². The van der Waals surface area contributed by atoms with Crippen LogP contribution in [0.25, 0.3) is 0 Å². The molecule has 2 unspecified atom stereocenters. The van der Waals surface area contributed by atoms with Gasteiger partial charge in [-0.05, 0) is 23.1 Å². The highest BCUT2D eigenvalue weighted by molar-refractivity contribution is 6.30. The van der Waals surface area contributed by atoms with E-state index in [9.17, 15) is 9.59 Å². The maximum atomic E-state index is 12.0. The molecule has 19 heavy (non-hydrogen) atoms. The summed E-state index contributed by atoms with van der Waals surface area (Å²) in [6, 6.07) is 7.17. The first-order valence-electron chi connectivity index (χ1n) is 6.09. The van der Waals surface area contributed by atoms with Gasteiger partial charge < -0.3 is 10.4 Å². The SMILES string of the molecule is CC1(C)C(C(=O)O)C1C(=O)NCc1ccc(Cl)cc1. The summed E-state index contributed by atoms with van der Waals surface area (Å²) in [6.07, 6.45) is 0. The minimum atomic E-state index is -0.906. The average Bonchev–Trinajstić information content (AvgIpc) is 2.91. The van der Waals surface area contributed by atoms with Crippen molar-refractivity contribution in [1.82, 2.24) is 5.32 Å². The lowest BCUT2D eigenvalue weighted by molar-refractivity contribution is -0.140. The van der Waals surface area contributed by atoms with Crippen LogP contribution in [-0.4, -0.2) is 17.0 Å². The van der Waals surface area contributed by atoms with Crippen molar-refractivity contribution in [1.29, 1.82) is 0 Å². The number of carbonyl (C=O) groups excluding carboxylic acids is 1. The lowest BCUT2D eigenvalue weighted by Gasteiger charge is -2.06.